The standard InChI is InChI=1S/C20H21F2N3O3S/c1-12-9-15(13(2)28-12)19(26)25(4-3-24-5-7-27-8-6-24)20-23-18-16(22)10-14(21)11-17(18)29-20/h9-11H,3-8H2,1-2H3. The third-order valence-corrected chi connectivity index (χ3v) is 5.92. The van der Waals surface area contributed by atoms with Crippen LogP contribution in [0, 0.1) is 25.5 Å². The summed E-state index contributed by atoms with van der Waals surface area (Å²) in [5.41, 5.74) is 0.506. The number of aromatic nitrogens is 1. The molecule has 0 aliphatic carbocycles. The Hall–Kier alpha value is -2.36. The lowest BCUT2D eigenvalue weighted by molar-refractivity contribution is 0.0391. The number of amides is 1. The topological polar surface area (TPSA) is 58.8 Å². The summed E-state index contributed by atoms with van der Waals surface area (Å²) in [6.45, 7) is 7.37. The lowest BCUT2D eigenvalue weighted by Crippen LogP contribution is -2.43. The molecule has 154 valence electrons. The maximum atomic E-state index is 14.2. The number of hydrogen-bond acceptors (Lipinski definition) is 6. The molecule has 1 amide bonds. The summed E-state index contributed by atoms with van der Waals surface area (Å²) in [5.74, 6) is -0.526. The van der Waals surface area contributed by atoms with Crippen LogP contribution in [0.5, 0.6) is 0 Å². The average molecular weight is 421 g/mol. The fourth-order valence-corrected chi connectivity index (χ4v) is 4.43. The largest absolute Gasteiger partial charge is 0.466 e. The molecule has 0 unspecified atom stereocenters. The molecule has 1 aromatic carbocycles. The van der Waals surface area contributed by atoms with E-state index in [0.717, 1.165) is 30.5 Å². The minimum atomic E-state index is -0.738. The van der Waals surface area contributed by atoms with Gasteiger partial charge in [0, 0.05) is 32.2 Å². The number of anilines is 1. The number of thiazole rings is 1. The number of ether oxygens (including phenoxy) is 1. The molecule has 3 heterocycles. The van der Waals surface area contributed by atoms with Crippen molar-refractivity contribution >= 4 is 32.6 Å². The molecule has 3 aromatic rings. The van der Waals surface area contributed by atoms with Crippen LogP contribution in [0.25, 0.3) is 10.2 Å². The first-order chi connectivity index (χ1) is 13.9. The first kappa shape index (κ1) is 19.9. The van der Waals surface area contributed by atoms with Crippen LogP contribution < -0.4 is 4.90 Å². The van der Waals surface area contributed by atoms with Gasteiger partial charge in [-0.15, -0.1) is 0 Å². The highest BCUT2D eigenvalue weighted by atomic mass is 32.1. The Labute approximate surface area is 170 Å². The smallest absolute Gasteiger partial charge is 0.263 e. The lowest BCUT2D eigenvalue weighted by atomic mass is 10.2. The van der Waals surface area contributed by atoms with E-state index in [0.29, 0.717) is 53.2 Å². The van der Waals surface area contributed by atoms with Crippen molar-refractivity contribution in [2.24, 2.45) is 0 Å². The second kappa shape index (κ2) is 8.17. The SMILES string of the molecule is Cc1cc(C(=O)N(CCN2CCOCC2)c2nc3c(F)cc(F)cc3s2)c(C)o1. The first-order valence-corrected chi connectivity index (χ1v) is 10.2. The Morgan fingerprint density at radius 1 is 1.24 bits per heavy atom. The van der Waals surface area contributed by atoms with E-state index in [4.69, 9.17) is 9.15 Å². The van der Waals surface area contributed by atoms with Crippen LogP contribution in [0.3, 0.4) is 0 Å². The summed E-state index contributed by atoms with van der Waals surface area (Å²) in [7, 11) is 0. The quantitative estimate of drug-likeness (QED) is 0.628. The first-order valence-electron chi connectivity index (χ1n) is 9.37. The highest BCUT2D eigenvalue weighted by Crippen LogP contribution is 2.32. The van der Waals surface area contributed by atoms with Crippen LogP contribution in [0.15, 0.2) is 22.6 Å². The molecular formula is C20H21F2N3O3S. The van der Waals surface area contributed by atoms with Gasteiger partial charge in [0.2, 0.25) is 0 Å². The molecule has 0 spiro atoms. The summed E-state index contributed by atoms with van der Waals surface area (Å²) in [6.07, 6.45) is 0. The van der Waals surface area contributed by atoms with Gasteiger partial charge in [-0.2, -0.15) is 0 Å². The molecule has 0 N–H and O–H groups in total. The molecule has 9 heteroatoms. The van der Waals surface area contributed by atoms with Crippen molar-refractivity contribution in [3.8, 4) is 0 Å². The van der Waals surface area contributed by atoms with E-state index in [1.165, 1.54) is 11.0 Å². The van der Waals surface area contributed by atoms with E-state index in [9.17, 15) is 13.6 Å². The van der Waals surface area contributed by atoms with Crippen molar-refractivity contribution in [3.05, 3.63) is 46.9 Å². The second-order valence-corrected chi connectivity index (χ2v) is 7.98. The van der Waals surface area contributed by atoms with Gasteiger partial charge < -0.3 is 9.15 Å². The zero-order valence-electron chi connectivity index (χ0n) is 16.2. The number of morpholine rings is 1. The molecule has 1 fully saturated rings. The van der Waals surface area contributed by atoms with Gasteiger partial charge in [-0.25, -0.2) is 13.8 Å². The Balaban J connectivity index is 1.68. The summed E-state index contributed by atoms with van der Waals surface area (Å²) >= 11 is 1.10. The Kier molecular flexibility index (Phi) is 5.62. The van der Waals surface area contributed by atoms with Gasteiger partial charge in [-0.05, 0) is 26.0 Å². The van der Waals surface area contributed by atoms with Crippen molar-refractivity contribution in [1.29, 1.82) is 0 Å². The Morgan fingerprint density at radius 3 is 2.69 bits per heavy atom. The predicted octanol–water partition coefficient (Wildman–Crippen LogP) is 3.76. The van der Waals surface area contributed by atoms with Crippen molar-refractivity contribution in [1.82, 2.24) is 9.88 Å². The molecule has 0 radical (unpaired) electrons. The predicted molar refractivity (Wildman–Crippen MR) is 107 cm³/mol. The van der Waals surface area contributed by atoms with Crippen LogP contribution >= 0.6 is 11.3 Å². The summed E-state index contributed by atoms with van der Waals surface area (Å²) in [5, 5.41) is 0.334. The number of benzene rings is 1. The number of furan rings is 1. The van der Waals surface area contributed by atoms with E-state index in [1.807, 2.05) is 0 Å². The normalized spacial score (nSPS) is 15.2. The van der Waals surface area contributed by atoms with Gasteiger partial charge in [0.25, 0.3) is 5.91 Å². The third kappa shape index (κ3) is 4.17. The van der Waals surface area contributed by atoms with Crippen LogP contribution in [0.1, 0.15) is 21.9 Å². The summed E-state index contributed by atoms with van der Waals surface area (Å²) in [4.78, 5) is 21.3. The fraction of sp³-hybridized carbons (Fsp3) is 0.400. The zero-order chi connectivity index (χ0) is 20.5. The summed E-state index contributed by atoms with van der Waals surface area (Å²) in [6, 6.07) is 3.72. The maximum Gasteiger partial charge on any atom is 0.263 e. The van der Waals surface area contributed by atoms with E-state index in [-0.39, 0.29) is 11.4 Å². The van der Waals surface area contributed by atoms with E-state index >= 15 is 0 Å². The third-order valence-electron chi connectivity index (χ3n) is 4.89. The van der Waals surface area contributed by atoms with Gasteiger partial charge in [0.15, 0.2) is 10.9 Å². The molecule has 4 rings (SSSR count). The number of hydrogen-bond donors (Lipinski definition) is 0. The van der Waals surface area contributed by atoms with Crippen molar-refractivity contribution < 1.29 is 22.7 Å². The number of rotatable bonds is 5. The van der Waals surface area contributed by atoms with Crippen LogP contribution in [-0.4, -0.2) is 55.2 Å². The van der Waals surface area contributed by atoms with Crippen LogP contribution in [0.4, 0.5) is 13.9 Å². The van der Waals surface area contributed by atoms with Gasteiger partial charge in [0.1, 0.15) is 22.9 Å². The molecule has 29 heavy (non-hydrogen) atoms. The van der Waals surface area contributed by atoms with Gasteiger partial charge in [-0.3, -0.25) is 14.6 Å². The van der Waals surface area contributed by atoms with Gasteiger partial charge >= 0.3 is 0 Å². The second-order valence-electron chi connectivity index (χ2n) is 6.97. The maximum absolute atomic E-state index is 14.2. The molecule has 0 bridgehead atoms. The van der Waals surface area contributed by atoms with E-state index in [1.54, 1.807) is 19.9 Å². The Bertz CT molecular complexity index is 1040. The van der Waals surface area contributed by atoms with Crippen LogP contribution in [-0.2, 0) is 4.74 Å². The minimum absolute atomic E-state index is 0.0654. The van der Waals surface area contributed by atoms with E-state index in [2.05, 4.69) is 9.88 Å². The molecule has 1 aliphatic heterocycles. The minimum Gasteiger partial charge on any atom is -0.466 e. The van der Waals surface area contributed by atoms with Gasteiger partial charge in [0.05, 0.1) is 23.5 Å². The van der Waals surface area contributed by atoms with Crippen molar-refractivity contribution in [2.45, 2.75) is 13.8 Å². The van der Waals surface area contributed by atoms with Gasteiger partial charge in [-0.1, -0.05) is 11.3 Å². The number of aryl methyl sites for hydroxylation is 2. The van der Waals surface area contributed by atoms with Crippen molar-refractivity contribution in [3.63, 3.8) is 0 Å². The Morgan fingerprint density at radius 2 is 2.00 bits per heavy atom. The molecular weight excluding hydrogens is 400 g/mol. The zero-order valence-corrected chi connectivity index (χ0v) is 17.0. The van der Waals surface area contributed by atoms with Crippen molar-refractivity contribution in [2.75, 3.05) is 44.3 Å². The number of carbonyl (C=O) groups excluding carboxylic acids is 1. The molecule has 1 saturated heterocycles. The lowest BCUT2D eigenvalue weighted by Gasteiger charge is -2.29. The molecule has 0 saturated carbocycles. The number of fused-ring (bicyclic) bond motifs is 1. The highest BCUT2D eigenvalue weighted by molar-refractivity contribution is 7.22. The summed E-state index contributed by atoms with van der Waals surface area (Å²) < 4.78 is 39.0. The molecule has 1 aliphatic rings. The highest BCUT2D eigenvalue weighted by Gasteiger charge is 2.26. The number of carbonyl (C=O) groups is 1. The molecule has 6 nitrogen and oxygen atoms in total. The fourth-order valence-electron chi connectivity index (χ4n) is 3.40. The number of nitrogens with zero attached hydrogens (tertiary/aromatic N) is 3. The van der Waals surface area contributed by atoms with E-state index < -0.39 is 11.6 Å². The average Bonchev–Trinajstić information content (AvgIpc) is 3.25. The van der Waals surface area contributed by atoms with Crippen LogP contribution in [0.2, 0.25) is 0 Å². The number of halogens is 2. The molecule has 2 aromatic heterocycles. The monoisotopic (exact) mass is 421 g/mol. The molecule has 0 atom stereocenters.